The molecule has 25 heavy (non-hydrogen) atoms. The van der Waals surface area contributed by atoms with Crippen LogP contribution in [0.5, 0.6) is 5.75 Å². The van der Waals surface area contributed by atoms with Gasteiger partial charge >= 0.3 is 5.97 Å². The number of fused-ring (bicyclic) bond motifs is 1. The lowest BCUT2D eigenvalue weighted by Crippen LogP contribution is -2.38. The summed E-state index contributed by atoms with van der Waals surface area (Å²) in [6.07, 6.45) is 2.31. The average Bonchev–Trinajstić information content (AvgIpc) is 3.02. The Kier molecular flexibility index (Phi) is 5.36. The van der Waals surface area contributed by atoms with Crippen molar-refractivity contribution in [3.63, 3.8) is 0 Å². The minimum atomic E-state index is -0.855. The van der Waals surface area contributed by atoms with Crippen LogP contribution in [0.15, 0.2) is 54.7 Å². The van der Waals surface area contributed by atoms with E-state index in [-0.39, 0.29) is 0 Å². The van der Waals surface area contributed by atoms with Crippen LogP contribution in [0.3, 0.4) is 0 Å². The Morgan fingerprint density at radius 3 is 2.88 bits per heavy atom. The molecular formula is C20H22N2O3. The normalized spacial score (nSPS) is 12.2. The van der Waals surface area contributed by atoms with E-state index in [1.54, 1.807) is 0 Å². The van der Waals surface area contributed by atoms with E-state index in [9.17, 15) is 9.90 Å². The molecule has 1 atom stereocenters. The number of aromatic nitrogens is 1. The van der Waals surface area contributed by atoms with Crippen LogP contribution in [0.4, 0.5) is 0 Å². The molecular weight excluding hydrogens is 316 g/mol. The number of para-hydroxylation sites is 1. The summed E-state index contributed by atoms with van der Waals surface area (Å²) in [4.78, 5) is 14.8. The summed E-state index contributed by atoms with van der Waals surface area (Å²) in [5.41, 5.74) is 3.01. The number of carbonyl (C=O) groups is 1. The third kappa shape index (κ3) is 4.19. The standard InChI is InChI=1S/C20H22N2O3/c1-2-25-16-7-5-6-14(10-16)12-21-19(20(23)24)11-15-13-22-18-9-4-3-8-17(15)18/h3-10,13,19,21-22H,2,11-12H2,1H3,(H,23,24)/t19-/m1/s1. The Hall–Kier alpha value is -2.79. The summed E-state index contributed by atoms with van der Waals surface area (Å²) < 4.78 is 5.49. The second-order valence-corrected chi connectivity index (χ2v) is 5.92. The maximum absolute atomic E-state index is 11.7. The molecule has 2 aromatic carbocycles. The van der Waals surface area contributed by atoms with Crippen molar-refractivity contribution in [1.29, 1.82) is 0 Å². The molecule has 0 aliphatic carbocycles. The molecule has 0 radical (unpaired) electrons. The van der Waals surface area contributed by atoms with Crippen LogP contribution in [0.2, 0.25) is 0 Å². The molecule has 5 heteroatoms. The van der Waals surface area contributed by atoms with Crippen LogP contribution < -0.4 is 10.1 Å². The van der Waals surface area contributed by atoms with Crippen molar-refractivity contribution in [2.45, 2.75) is 25.9 Å². The van der Waals surface area contributed by atoms with Gasteiger partial charge in [-0.1, -0.05) is 30.3 Å². The molecule has 1 aromatic heterocycles. The van der Waals surface area contributed by atoms with E-state index >= 15 is 0 Å². The van der Waals surface area contributed by atoms with Gasteiger partial charge in [0.1, 0.15) is 11.8 Å². The zero-order valence-electron chi connectivity index (χ0n) is 14.2. The van der Waals surface area contributed by atoms with Gasteiger partial charge in [0.2, 0.25) is 0 Å². The number of hydrogen-bond acceptors (Lipinski definition) is 3. The number of carboxylic acids is 1. The summed E-state index contributed by atoms with van der Waals surface area (Å²) in [6, 6.07) is 15.0. The number of hydrogen-bond donors (Lipinski definition) is 3. The second kappa shape index (κ2) is 7.85. The topological polar surface area (TPSA) is 74.3 Å². The first-order valence-corrected chi connectivity index (χ1v) is 8.40. The van der Waals surface area contributed by atoms with Gasteiger partial charge in [0.25, 0.3) is 0 Å². The van der Waals surface area contributed by atoms with Gasteiger partial charge < -0.3 is 20.1 Å². The summed E-state index contributed by atoms with van der Waals surface area (Å²) in [7, 11) is 0. The number of nitrogens with one attached hydrogen (secondary N) is 2. The van der Waals surface area contributed by atoms with Gasteiger partial charge in [-0.3, -0.25) is 4.79 Å². The number of carboxylic acid groups (broad SMARTS) is 1. The maximum atomic E-state index is 11.7. The highest BCUT2D eigenvalue weighted by molar-refractivity contribution is 5.84. The number of ether oxygens (including phenoxy) is 1. The minimum Gasteiger partial charge on any atom is -0.494 e. The van der Waals surface area contributed by atoms with E-state index in [0.29, 0.717) is 19.6 Å². The van der Waals surface area contributed by atoms with Gasteiger partial charge in [0.15, 0.2) is 0 Å². The molecule has 0 fully saturated rings. The summed E-state index contributed by atoms with van der Waals surface area (Å²) in [6.45, 7) is 3.02. The van der Waals surface area contributed by atoms with E-state index in [4.69, 9.17) is 4.74 Å². The van der Waals surface area contributed by atoms with Crippen LogP contribution >= 0.6 is 0 Å². The third-order valence-electron chi connectivity index (χ3n) is 4.16. The smallest absolute Gasteiger partial charge is 0.321 e. The molecule has 0 aliphatic heterocycles. The summed E-state index contributed by atoms with van der Waals surface area (Å²) in [5, 5.41) is 13.8. The molecule has 0 saturated heterocycles. The van der Waals surface area contributed by atoms with Crippen molar-refractivity contribution < 1.29 is 14.6 Å². The van der Waals surface area contributed by atoms with E-state index in [2.05, 4.69) is 10.3 Å². The molecule has 0 bridgehead atoms. The van der Waals surface area contributed by atoms with Crippen molar-refractivity contribution in [1.82, 2.24) is 10.3 Å². The van der Waals surface area contributed by atoms with Crippen LogP contribution in [-0.4, -0.2) is 28.7 Å². The second-order valence-electron chi connectivity index (χ2n) is 5.92. The molecule has 3 rings (SSSR count). The third-order valence-corrected chi connectivity index (χ3v) is 4.16. The van der Waals surface area contributed by atoms with Gasteiger partial charge in [-0.25, -0.2) is 0 Å². The number of H-pyrrole nitrogens is 1. The van der Waals surface area contributed by atoms with Crippen molar-refractivity contribution in [3.8, 4) is 5.75 Å². The van der Waals surface area contributed by atoms with Crippen molar-refractivity contribution in [3.05, 3.63) is 65.9 Å². The Balaban J connectivity index is 1.69. The van der Waals surface area contributed by atoms with E-state index < -0.39 is 12.0 Å². The van der Waals surface area contributed by atoms with Crippen LogP contribution in [0.25, 0.3) is 10.9 Å². The fourth-order valence-corrected chi connectivity index (χ4v) is 2.92. The highest BCUT2D eigenvalue weighted by atomic mass is 16.5. The molecule has 1 heterocycles. The van der Waals surface area contributed by atoms with E-state index in [0.717, 1.165) is 27.8 Å². The predicted octanol–water partition coefficient (Wildman–Crippen LogP) is 3.35. The first kappa shape index (κ1) is 17.0. The molecule has 0 amide bonds. The van der Waals surface area contributed by atoms with Crippen molar-refractivity contribution in [2.75, 3.05) is 6.61 Å². The molecule has 3 N–H and O–H groups in total. The van der Waals surface area contributed by atoms with Crippen LogP contribution in [0.1, 0.15) is 18.1 Å². The van der Waals surface area contributed by atoms with Crippen molar-refractivity contribution >= 4 is 16.9 Å². The SMILES string of the molecule is CCOc1cccc(CN[C@H](Cc2c[nH]c3ccccc23)C(=O)O)c1. The van der Waals surface area contributed by atoms with E-state index in [1.807, 2.05) is 61.7 Å². The highest BCUT2D eigenvalue weighted by Gasteiger charge is 2.19. The number of aliphatic carboxylic acids is 1. The monoisotopic (exact) mass is 338 g/mol. The molecule has 0 unspecified atom stereocenters. The molecule has 0 aliphatic rings. The maximum Gasteiger partial charge on any atom is 0.321 e. The molecule has 0 saturated carbocycles. The molecule has 3 aromatic rings. The van der Waals surface area contributed by atoms with Crippen LogP contribution in [-0.2, 0) is 17.8 Å². The van der Waals surface area contributed by atoms with Gasteiger partial charge in [-0.2, -0.15) is 0 Å². The Morgan fingerprint density at radius 1 is 1.24 bits per heavy atom. The Morgan fingerprint density at radius 2 is 2.08 bits per heavy atom. The number of benzene rings is 2. The molecule has 5 nitrogen and oxygen atoms in total. The lowest BCUT2D eigenvalue weighted by atomic mass is 10.0. The average molecular weight is 338 g/mol. The Labute approximate surface area is 146 Å². The first-order chi connectivity index (χ1) is 12.2. The lowest BCUT2D eigenvalue weighted by molar-refractivity contribution is -0.139. The van der Waals surface area contributed by atoms with Crippen LogP contribution in [0, 0.1) is 0 Å². The fourth-order valence-electron chi connectivity index (χ4n) is 2.92. The zero-order chi connectivity index (χ0) is 17.6. The van der Waals surface area contributed by atoms with E-state index in [1.165, 1.54) is 0 Å². The first-order valence-electron chi connectivity index (χ1n) is 8.40. The van der Waals surface area contributed by atoms with Gasteiger partial charge in [0, 0.05) is 30.1 Å². The largest absolute Gasteiger partial charge is 0.494 e. The molecule has 130 valence electrons. The summed E-state index contributed by atoms with van der Waals surface area (Å²) in [5.74, 6) is -0.0588. The fraction of sp³-hybridized carbons (Fsp3) is 0.250. The van der Waals surface area contributed by atoms with Gasteiger partial charge in [-0.05, 0) is 36.2 Å². The Bertz CT molecular complexity index is 857. The molecule has 0 spiro atoms. The van der Waals surface area contributed by atoms with Gasteiger partial charge in [0.05, 0.1) is 6.61 Å². The minimum absolute atomic E-state index is 0.421. The summed E-state index contributed by atoms with van der Waals surface area (Å²) >= 11 is 0. The predicted molar refractivity (Wildman–Crippen MR) is 97.9 cm³/mol. The quantitative estimate of drug-likeness (QED) is 0.589. The number of rotatable bonds is 8. The lowest BCUT2D eigenvalue weighted by Gasteiger charge is -2.15. The number of aromatic amines is 1. The van der Waals surface area contributed by atoms with Crippen molar-refractivity contribution in [2.24, 2.45) is 0 Å². The van der Waals surface area contributed by atoms with Gasteiger partial charge in [-0.15, -0.1) is 0 Å². The highest BCUT2D eigenvalue weighted by Crippen LogP contribution is 2.19. The zero-order valence-corrected chi connectivity index (χ0v) is 14.2.